The summed E-state index contributed by atoms with van der Waals surface area (Å²) in [5.74, 6) is -1.26. The molecule has 1 aromatic heterocycles. The summed E-state index contributed by atoms with van der Waals surface area (Å²) < 4.78 is 4.87. The van der Waals surface area contributed by atoms with Crippen molar-refractivity contribution in [3.8, 4) is 0 Å². The third kappa shape index (κ3) is 2.21. The van der Waals surface area contributed by atoms with E-state index >= 15 is 0 Å². The van der Waals surface area contributed by atoms with Crippen LogP contribution in [0.15, 0.2) is 10.8 Å². The minimum absolute atomic E-state index is 0.112. The molecule has 0 saturated carbocycles. The van der Waals surface area contributed by atoms with Crippen molar-refractivity contribution in [3.05, 3.63) is 17.8 Å². The lowest BCUT2D eigenvalue weighted by Gasteiger charge is -2.23. The van der Waals surface area contributed by atoms with Gasteiger partial charge >= 0.3 is 5.97 Å². The number of aliphatic carboxylic acids is 1. The van der Waals surface area contributed by atoms with Crippen LogP contribution in [0, 0.1) is 6.92 Å². The smallest absolute Gasteiger partial charge is 0.329 e. The Hall–Kier alpha value is -1.85. The van der Waals surface area contributed by atoms with Gasteiger partial charge in [-0.25, -0.2) is 9.78 Å². The fourth-order valence-electron chi connectivity index (χ4n) is 1.13. The summed E-state index contributed by atoms with van der Waals surface area (Å²) in [4.78, 5) is 26.4. The van der Waals surface area contributed by atoms with Crippen LogP contribution in [0.3, 0.4) is 0 Å². The quantitative estimate of drug-likeness (QED) is 0.797. The van der Waals surface area contributed by atoms with Gasteiger partial charge in [0, 0.05) is 0 Å². The minimum atomic E-state index is -1.29. The fraction of sp³-hybridized carbons (Fsp3) is 0.500. The van der Waals surface area contributed by atoms with E-state index in [0.29, 0.717) is 5.76 Å². The molecule has 0 aliphatic carbocycles. The standard InChI is InChI=1S/C10H14N2O4/c1-4-10(3,9(14)15)12-8(13)7-6(2)16-5-11-7/h5H,4H2,1-3H3,(H,12,13)(H,14,15). The van der Waals surface area contributed by atoms with E-state index in [9.17, 15) is 9.59 Å². The van der Waals surface area contributed by atoms with E-state index in [2.05, 4.69) is 10.3 Å². The van der Waals surface area contributed by atoms with Gasteiger partial charge in [-0.1, -0.05) is 6.92 Å². The Labute approximate surface area is 92.7 Å². The van der Waals surface area contributed by atoms with Crippen LogP contribution in [0.25, 0.3) is 0 Å². The lowest BCUT2D eigenvalue weighted by atomic mass is 9.99. The highest BCUT2D eigenvalue weighted by Gasteiger charge is 2.34. The predicted molar refractivity (Wildman–Crippen MR) is 55.0 cm³/mol. The maximum atomic E-state index is 11.7. The first-order chi connectivity index (χ1) is 7.40. The molecule has 0 aliphatic heterocycles. The third-order valence-electron chi connectivity index (χ3n) is 2.53. The van der Waals surface area contributed by atoms with E-state index in [-0.39, 0.29) is 12.1 Å². The van der Waals surface area contributed by atoms with Crippen LogP contribution in [0.1, 0.15) is 36.5 Å². The number of oxazole rings is 1. The number of aryl methyl sites for hydroxylation is 1. The van der Waals surface area contributed by atoms with Gasteiger partial charge in [-0.05, 0) is 20.3 Å². The van der Waals surface area contributed by atoms with Crippen molar-refractivity contribution < 1.29 is 19.1 Å². The number of carbonyl (C=O) groups is 2. The summed E-state index contributed by atoms with van der Waals surface area (Å²) in [6.07, 6.45) is 1.43. The number of carboxylic acid groups (broad SMARTS) is 1. The molecule has 0 aliphatic rings. The largest absolute Gasteiger partial charge is 0.480 e. The van der Waals surface area contributed by atoms with Gasteiger partial charge in [0.1, 0.15) is 11.3 Å². The van der Waals surface area contributed by atoms with E-state index < -0.39 is 17.4 Å². The van der Waals surface area contributed by atoms with Crippen LogP contribution < -0.4 is 5.32 Å². The molecular formula is C10H14N2O4. The molecule has 0 radical (unpaired) electrons. The molecule has 0 fully saturated rings. The summed E-state index contributed by atoms with van der Waals surface area (Å²) in [5, 5.41) is 11.4. The lowest BCUT2D eigenvalue weighted by molar-refractivity contribution is -0.143. The maximum absolute atomic E-state index is 11.7. The average molecular weight is 226 g/mol. The first-order valence-corrected chi connectivity index (χ1v) is 4.86. The summed E-state index contributed by atoms with van der Waals surface area (Å²) >= 11 is 0. The summed E-state index contributed by atoms with van der Waals surface area (Å²) in [6.45, 7) is 4.72. The molecule has 0 saturated heterocycles. The van der Waals surface area contributed by atoms with Gasteiger partial charge in [0.05, 0.1) is 0 Å². The SMILES string of the molecule is CCC(C)(NC(=O)c1ncoc1C)C(=O)O. The van der Waals surface area contributed by atoms with E-state index in [1.54, 1.807) is 13.8 Å². The van der Waals surface area contributed by atoms with Gasteiger partial charge in [-0.3, -0.25) is 4.79 Å². The van der Waals surface area contributed by atoms with Crippen LogP contribution in [-0.4, -0.2) is 27.5 Å². The Kier molecular flexibility index (Phi) is 3.31. The van der Waals surface area contributed by atoms with E-state index in [0.717, 1.165) is 6.39 Å². The van der Waals surface area contributed by atoms with Crippen LogP contribution >= 0.6 is 0 Å². The van der Waals surface area contributed by atoms with Gasteiger partial charge in [0.2, 0.25) is 0 Å². The average Bonchev–Trinajstić information content (AvgIpc) is 2.64. The van der Waals surface area contributed by atoms with E-state index in [4.69, 9.17) is 9.52 Å². The fourth-order valence-corrected chi connectivity index (χ4v) is 1.13. The van der Waals surface area contributed by atoms with E-state index in [1.165, 1.54) is 6.92 Å². The van der Waals surface area contributed by atoms with Crippen LogP contribution in [0.2, 0.25) is 0 Å². The number of rotatable bonds is 4. The van der Waals surface area contributed by atoms with Crippen LogP contribution in [0.5, 0.6) is 0 Å². The molecule has 6 nitrogen and oxygen atoms in total. The second-order valence-corrected chi connectivity index (χ2v) is 3.70. The van der Waals surface area contributed by atoms with Gasteiger partial charge in [0.15, 0.2) is 12.1 Å². The van der Waals surface area contributed by atoms with Gasteiger partial charge in [0.25, 0.3) is 5.91 Å². The molecule has 88 valence electrons. The number of hydrogen-bond acceptors (Lipinski definition) is 4. The molecule has 6 heteroatoms. The topological polar surface area (TPSA) is 92.4 Å². The molecule has 1 unspecified atom stereocenters. The highest BCUT2D eigenvalue weighted by Crippen LogP contribution is 2.12. The molecule has 16 heavy (non-hydrogen) atoms. The zero-order valence-electron chi connectivity index (χ0n) is 9.40. The van der Waals surface area contributed by atoms with Crippen molar-refractivity contribution in [2.24, 2.45) is 0 Å². The van der Waals surface area contributed by atoms with Crippen molar-refractivity contribution in [1.29, 1.82) is 0 Å². The Morgan fingerprint density at radius 1 is 1.62 bits per heavy atom. The molecule has 1 rings (SSSR count). The Balaban J connectivity index is 2.86. The van der Waals surface area contributed by atoms with Crippen molar-refractivity contribution in [2.45, 2.75) is 32.7 Å². The third-order valence-corrected chi connectivity index (χ3v) is 2.53. The zero-order valence-corrected chi connectivity index (χ0v) is 9.40. The number of nitrogens with one attached hydrogen (secondary N) is 1. The zero-order chi connectivity index (χ0) is 12.3. The first-order valence-electron chi connectivity index (χ1n) is 4.86. The molecule has 0 bridgehead atoms. The second kappa shape index (κ2) is 4.34. The number of carboxylic acids is 1. The molecule has 1 heterocycles. The number of carbonyl (C=O) groups excluding carboxylic acids is 1. The molecule has 2 N–H and O–H groups in total. The molecule has 0 aromatic carbocycles. The van der Waals surface area contributed by atoms with Crippen molar-refractivity contribution in [3.63, 3.8) is 0 Å². The Morgan fingerprint density at radius 2 is 2.25 bits per heavy atom. The van der Waals surface area contributed by atoms with Gasteiger partial charge in [-0.2, -0.15) is 0 Å². The van der Waals surface area contributed by atoms with Crippen molar-refractivity contribution in [2.75, 3.05) is 0 Å². The maximum Gasteiger partial charge on any atom is 0.329 e. The summed E-state index contributed by atoms with van der Waals surface area (Å²) in [5.41, 5.74) is -1.18. The molecule has 1 aromatic rings. The minimum Gasteiger partial charge on any atom is -0.480 e. The highest BCUT2D eigenvalue weighted by atomic mass is 16.4. The number of hydrogen-bond donors (Lipinski definition) is 2. The van der Waals surface area contributed by atoms with Crippen molar-refractivity contribution in [1.82, 2.24) is 10.3 Å². The molecule has 1 atom stereocenters. The van der Waals surface area contributed by atoms with Crippen LogP contribution in [0.4, 0.5) is 0 Å². The van der Waals surface area contributed by atoms with Gasteiger partial charge < -0.3 is 14.8 Å². The predicted octanol–water partition coefficient (Wildman–Crippen LogP) is 0.966. The number of nitrogens with zero attached hydrogens (tertiary/aromatic N) is 1. The Morgan fingerprint density at radius 3 is 2.62 bits per heavy atom. The molecule has 0 spiro atoms. The first kappa shape index (κ1) is 12.2. The normalized spacial score (nSPS) is 14.2. The highest BCUT2D eigenvalue weighted by molar-refractivity contribution is 5.96. The van der Waals surface area contributed by atoms with E-state index in [1.807, 2.05) is 0 Å². The molecule has 1 amide bonds. The molecular weight excluding hydrogens is 212 g/mol. The Bertz CT molecular complexity index is 413. The van der Waals surface area contributed by atoms with Crippen LogP contribution in [-0.2, 0) is 4.79 Å². The summed E-state index contributed by atoms with van der Waals surface area (Å²) in [7, 11) is 0. The monoisotopic (exact) mass is 226 g/mol. The van der Waals surface area contributed by atoms with Gasteiger partial charge in [-0.15, -0.1) is 0 Å². The number of amides is 1. The summed E-state index contributed by atoms with van der Waals surface area (Å²) in [6, 6.07) is 0. The second-order valence-electron chi connectivity index (χ2n) is 3.70. The lowest BCUT2D eigenvalue weighted by Crippen LogP contribution is -2.51. The number of aromatic nitrogens is 1. The van der Waals surface area contributed by atoms with Crippen molar-refractivity contribution >= 4 is 11.9 Å².